The van der Waals surface area contributed by atoms with Crippen molar-refractivity contribution in [3.05, 3.63) is 40.8 Å². The maximum atomic E-state index is 13.1. The van der Waals surface area contributed by atoms with Crippen LogP contribution in [0.2, 0.25) is 10.2 Å². The molecule has 2 heterocycles. The molecule has 0 radical (unpaired) electrons. The second kappa shape index (κ2) is 7.28. The zero-order valence-corrected chi connectivity index (χ0v) is 15.1. The highest BCUT2D eigenvalue weighted by Gasteiger charge is 2.40. The second-order valence-corrected chi connectivity index (χ2v) is 6.40. The van der Waals surface area contributed by atoms with E-state index in [-0.39, 0.29) is 32.0 Å². The minimum atomic E-state index is -4.94. The lowest BCUT2D eigenvalue weighted by Gasteiger charge is -2.29. The van der Waals surface area contributed by atoms with Gasteiger partial charge in [0.15, 0.2) is 0 Å². The fraction of sp³-hybridized carbons (Fsp3) is 0.267. The van der Waals surface area contributed by atoms with Crippen molar-refractivity contribution in [1.82, 2.24) is 19.6 Å². The van der Waals surface area contributed by atoms with Crippen LogP contribution in [0.15, 0.2) is 30.6 Å². The number of anilines is 1. The summed E-state index contributed by atoms with van der Waals surface area (Å²) in [6, 6.07) is 5.87. The van der Waals surface area contributed by atoms with E-state index in [1.54, 1.807) is 6.07 Å². The highest BCUT2D eigenvalue weighted by Crippen LogP contribution is 2.41. The number of hydrogen-bond donors (Lipinski definition) is 0. The first-order chi connectivity index (χ1) is 13.0. The Balaban J connectivity index is 2.34. The quantitative estimate of drug-likeness (QED) is 0.419. The van der Waals surface area contributed by atoms with Crippen molar-refractivity contribution in [2.75, 3.05) is 18.0 Å². The SMILES string of the molecule is FC(F)(F)CN(CC(F)(F)F)c1c(-c2ccccc2Cl)c(Cl)nc2ncnn12. The van der Waals surface area contributed by atoms with Crippen molar-refractivity contribution in [1.29, 1.82) is 0 Å². The van der Waals surface area contributed by atoms with Gasteiger partial charge in [-0.25, -0.2) is 0 Å². The molecular formula is C15H9Cl2F6N5. The maximum absolute atomic E-state index is 13.1. The predicted molar refractivity (Wildman–Crippen MR) is 90.6 cm³/mol. The largest absolute Gasteiger partial charge is 0.405 e. The lowest BCUT2D eigenvalue weighted by Crippen LogP contribution is -2.42. The minimum Gasteiger partial charge on any atom is -0.338 e. The summed E-state index contributed by atoms with van der Waals surface area (Å²) in [4.78, 5) is 7.68. The van der Waals surface area contributed by atoms with Crippen LogP contribution < -0.4 is 4.90 Å². The zero-order valence-electron chi connectivity index (χ0n) is 13.6. The van der Waals surface area contributed by atoms with Crippen molar-refractivity contribution < 1.29 is 26.3 Å². The van der Waals surface area contributed by atoms with E-state index < -0.39 is 31.3 Å². The van der Waals surface area contributed by atoms with Crippen LogP contribution in [-0.4, -0.2) is 45.0 Å². The Bertz CT molecular complexity index is 985. The molecule has 28 heavy (non-hydrogen) atoms. The minimum absolute atomic E-state index is 0.0610. The monoisotopic (exact) mass is 443 g/mol. The third-order valence-electron chi connectivity index (χ3n) is 3.54. The van der Waals surface area contributed by atoms with E-state index in [4.69, 9.17) is 23.2 Å². The van der Waals surface area contributed by atoms with Crippen LogP contribution in [0.5, 0.6) is 0 Å². The highest BCUT2D eigenvalue weighted by molar-refractivity contribution is 6.36. The van der Waals surface area contributed by atoms with Gasteiger partial charge in [-0.1, -0.05) is 41.4 Å². The molecule has 0 aliphatic rings. The van der Waals surface area contributed by atoms with Gasteiger partial charge in [-0.3, -0.25) is 0 Å². The predicted octanol–water partition coefficient (Wildman–Crippen LogP) is 5.03. The van der Waals surface area contributed by atoms with Crippen LogP contribution in [-0.2, 0) is 0 Å². The maximum Gasteiger partial charge on any atom is 0.405 e. The van der Waals surface area contributed by atoms with Gasteiger partial charge >= 0.3 is 12.4 Å². The van der Waals surface area contributed by atoms with E-state index in [1.165, 1.54) is 18.2 Å². The molecule has 0 bridgehead atoms. The number of aromatic nitrogens is 4. The molecule has 0 spiro atoms. The summed E-state index contributed by atoms with van der Waals surface area (Å²) in [6.45, 7) is -3.81. The van der Waals surface area contributed by atoms with Crippen LogP contribution in [0.3, 0.4) is 0 Å². The average Bonchev–Trinajstić information content (AvgIpc) is 2.99. The van der Waals surface area contributed by atoms with Gasteiger partial charge in [-0.15, -0.1) is 0 Å². The van der Waals surface area contributed by atoms with E-state index >= 15 is 0 Å². The van der Waals surface area contributed by atoms with Gasteiger partial charge in [-0.05, 0) is 6.07 Å². The summed E-state index contributed by atoms with van der Waals surface area (Å²) < 4.78 is 79.2. The standard InChI is InChI=1S/C15H9Cl2F6N5/c16-9-4-2-1-3-8(9)10-11(17)26-13-24-7-25-28(13)12(10)27(5-14(18,19)20)6-15(21,22)23/h1-4,7H,5-6H2. The third-order valence-corrected chi connectivity index (χ3v) is 4.14. The lowest BCUT2D eigenvalue weighted by molar-refractivity contribution is -0.137. The topological polar surface area (TPSA) is 46.3 Å². The van der Waals surface area contributed by atoms with Crippen molar-refractivity contribution in [3.8, 4) is 11.1 Å². The van der Waals surface area contributed by atoms with Gasteiger partial charge < -0.3 is 4.90 Å². The highest BCUT2D eigenvalue weighted by atomic mass is 35.5. The van der Waals surface area contributed by atoms with E-state index in [0.29, 0.717) is 0 Å². The summed E-state index contributed by atoms with van der Waals surface area (Å²) in [5.41, 5.74) is -0.123. The molecule has 5 nitrogen and oxygen atoms in total. The van der Waals surface area contributed by atoms with E-state index in [2.05, 4.69) is 15.1 Å². The molecule has 150 valence electrons. The smallest absolute Gasteiger partial charge is 0.338 e. The number of rotatable bonds is 4. The number of halogens is 8. The first kappa shape index (κ1) is 20.5. The van der Waals surface area contributed by atoms with Crippen LogP contribution in [0, 0.1) is 0 Å². The number of benzene rings is 1. The molecule has 0 saturated carbocycles. The molecule has 3 rings (SSSR count). The van der Waals surface area contributed by atoms with Crippen molar-refractivity contribution >= 4 is 34.8 Å². The first-order valence-electron chi connectivity index (χ1n) is 7.49. The molecule has 0 amide bonds. The van der Waals surface area contributed by atoms with Crippen LogP contribution in [0.4, 0.5) is 32.2 Å². The molecule has 0 aliphatic carbocycles. The molecule has 0 N–H and O–H groups in total. The Hall–Kier alpha value is -2.27. The fourth-order valence-corrected chi connectivity index (χ4v) is 3.12. The van der Waals surface area contributed by atoms with Crippen molar-refractivity contribution in [3.63, 3.8) is 0 Å². The summed E-state index contributed by atoms with van der Waals surface area (Å²) in [7, 11) is 0. The molecule has 0 fully saturated rings. The lowest BCUT2D eigenvalue weighted by atomic mass is 10.1. The molecule has 0 unspecified atom stereocenters. The molecule has 2 aromatic heterocycles. The van der Waals surface area contributed by atoms with Gasteiger partial charge in [0, 0.05) is 10.6 Å². The number of fused-ring (bicyclic) bond motifs is 1. The Morgan fingerprint density at radius 2 is 1.57 bits per heavy atom. The molecule has 0 saturated heterocycles. The molecule has 0 aliphatic heterocycles. The zero-order chi connectivity index (χ0) is 20.7. The molecule has 3 aromatic rings. The summed E-state index contributed by atoms with van der Waals surface area (Å²) in [5.74, 6) is -0.833. The first-order valence-corrected chi connectivity index (χ1v) is 8.24. The Morgan fingerprint density at radius 1 is 0.964 bits per heavy atom. The summed E-state index contributed by atoms with van der Waals surface area (Å²) >= 11 is 12.2. The van der Waals surface area contributed by atoms with Crippen LogP contribution >= 0.6 is 23.2 Å². The summed E-state index contributed by atoms with van der Waals surface area (Å²) in [5, 5.41) is 3.42. The van der Waals surface area contributed by atoms with E-state index in [0.717, 1.165) is 10.8 Å². The number of hydrogen-bond acceptors (Lipinski definition) is 4. The Morgan fingerprint density at radius 3 is 2.14 bits per heavy atom. The Labute approximate surface area is 163 Å². The van der Waals surface area contributed by atoms with Crippen LogP contribution in [0.1, 0.15) is 0 Å². The van der Waals surface area contributed by atoms with Crippen molar-refractivity contribution in [2.45, 2.75) is 12.4 Å². The molecule has 13 heteroatoms. The van der Waals surface area contributed by atoms with E-state index in [1.807, 2.05) is 0 Å². The summed E-state index contributed by atoms with van der Waals surface area (Å²) in [6.07, 6.45) is -8.94. The Kier molecular flexibility index (Phi) is 5.32. The van der Waals surface area contributed by atoms with E-state index in [9.17, 15) is 26.3 Å². The third kappa shape index (κ3) is 4.41. The fourth-order valence-electron chi connectivity index (χ4n) is 2.63. The van der Waals surface area contributed by atoms with Gasteiger partial charge in [0.1, 0.15) is 30.4 Å². The normalized spacial score (nSPS) is 12.6. The van der Waals surface area contributed by atoms with Crippen LogP contribution in [0.25, 0.3) is 16.9 Å². The number of alkyl halides is 6. The second-order valence-electron chi connectivity index (χ2n) is 5.64. The average molecular weight is 444 g/mol. The van der Waals surface area contributed by atoms with Gasteiger partial charge in [0.05, 0.1) is 5.56 Å². The van der Waals surface area contributed by atoms with Crippen molar-refractivity contribution in [2.24, 2.45) is 0 Å². The van der Waals surface area contributed by atoms with Gasteiger partial charge in [-0.2, -0.15) is 45.9 Å². The van der Waals surface area contributed by atoms with Gasteiger partial charge in [0.25, 0.3) is 5.78 Å². The molecular weight excluding hydrogens is 435 g/mol. The molecule has 1 aromatic carbocycles. The van der Waals surface area contributed by atoms with Gasteiger partial charge in [0.2, 0.25) is 0 Å². The molecule has 0 atom stereocenters. The number of nitrogens with zero attached hydrogens (tertiary/aromatic N) is 5.